The van der Waals surface area contributed by atoms with Crippen LogP contribution in [0.5, 0.6) is 51.7 Å². The zero-order chi connectivity index (χ0) is 43.3. The molecule has 10 rings (SSSR count). The fraction of sp³-hybridized carbons (Fsp3) is 0.250. The number of ether oxygens (including phenoxy) is 3. The molecule has 1 saturated heterocycles. The molecule has 6 aromatic rings. The fourth-order valence-electron chi connectivity index (χ4n) is 10.4. The molecular formula is C48H42O14. The first-order valence-corrected chi connectivity index (χ1v) is 20.1. The van der Waals surface area contributed by atoms with Crippen LogP contribution in [0, 0.1) is 0 Å². The highest BCUT2D eigenvalue weighted by Crippen LogP contribution is 2.70. The Morgan fingerprint density at radius 1 is 0.468 bits per heavy atom. The Labute approximate surface area is 353 Å². The molecule has 4 aliphatic rings. The van der Waals surface area contributed by atoms with Gasteiger partial charge in [-0.05, 0) is 88.0 Å². The zero-order valence-corrected chi connectivity index (χ0v) is 32.6. The van der Waals surface area contributed by atoms with Crippen LogP contribution >= 0.6 is 0 Å². The number of aliphatic hydroxyl groups excluding tert-OH is 4. The van der Waals surface area contributed by atoms with Gasteiger partial charge in [0.2, 0.25) is 6.29 Å². The standard InChI is InChI=1S/C48H42O14/c49-19-34-44(57)45(58)46(59)48(62-34)60-29-14-23(13-27(53)15-29)37-35(20-1-7-24(50)8-2-20)42-36(21-3-9-25(51)10-4-21)38-30(16-28(54)17-31(38)55)39-41-33(18-32(56)40(37)43(41)42)61-47(39)22-5-11-26(52)12-6-22/h1-18,34-37,39,42,44-59H,19H2/t34-,35+,36+,37+,39+,42+,44-,45+,46-,47+,48-/m1/s1. The van der Waals surface area contributed by atoms with Crippen LogP contribution in [-0.4, -0.2) is 93.5 Å². The van der Waals surface area contributed by atoms with Gasteiger partial charge in [-0.1, -0.05) is 36.4 Å². The quantitative estimate of drug-likeness (QED) is 0.0986. The molecule has 0 bridgehead atoms. The Morgan fingerprint density at radius 2 is 1.05 bits per heavy atom. The minimum Gasteiger partial charge on any atom is -0.508 e. The average Bonchev–Trinajstić information content (AvgIpc) is 3.76. The van der Waals surface area contributed by atoms with Gasteiger partial charge in [-0.3, -0.25) is 0 Å². The van der Waals surface area contributed by atoms with Gasteiger partial charge in [0.05, 0.1) is 12.5 Å². The third-order valence-corrected chi connectivity index (χ3v) is 13.0. The maximum absolute atomic E-state index is 12.4. The summed E-state index contributed by atoms with van der Waals surface area (Å²) in [6.45, 7) is -0.687. The number of rotatable bonds is 7. The van der Waals surface area contributed by atoms with Crippen LogP contribution in [0.3, 0.4) is 0 Å². The smallest absolute Gasteiger partial charge is 0.229 e. The lowest BCUT2D eigenvalue weighted by Gasteiger charge is -2.39. The van der Waals surface area contributed by atoms with Crippen LogP contribution in [0.4, 0.5) is 0 Å². The molecule has 2 aliphatic heterocycles. The van der Waals surface area contributed by atoms with Crippen molar-refractivity contribution in [1.82, 2.24) is 0 Å². The van der Waals surface area contributed by atoms with E-state index in [0.29, 0.717) is 55.8 Å². The summed E-state index contributed by atoms with van der Waals surface area (Å²) < 4.78 is 18.4. The normalized spacial score (nSPS) is 28.1. The molecular weight excluding hydrogens is 801 g/mol. The fourth-order valence-corrected chi connectivity index (χ4v) is 10.4. The molecule has 0 unspecified atom stereocenters. The van der Waals surface area contributed by atoms with E-state index < -0.39 is 73.0 Å². The summed E-state index contributed by atoms with van der Waals surface area (Å²) in [6.07, 6.45) is -8.73. The summed E-state index contributed by atoms with van der Waals surface area (Å²) in [6, 6.07) is 28.5. The first kappa shape index (κ1) is 39.5. The molecule has 2 aliphatic carbocycles. The van der Waals surface area contributed by atoms with E-state index >= 15 is 0 Å². The van der Waals surface area contributed by atoms with Crippen molar-refractivity contribution in [3.8, 4) is 51.7 Å². The predicted octanol–water partition coefficient (Wildman–Crippen LogP) is 5.23. The summed E-state index contributed by atoms with van der Waals surface area (Å²) in [5.41, 5.74) is 5.26. The molecule has 1 fully saturated rings. The molecule has 6 aromatic carbocycles. The van der Waals surface area contributed by atoms with Gasteiger partial charge in [0.25, 0.3) is 0 Å². The van der Waals surface area contributed by atoms with Crippen molar-refractivity contribution in [2.75, 3.05) is 6.61 Å². The number of aliphatic hydroxyl groups is 4. The molecule has 0 spiro atoms. The van der Waals surface area contributed by atoms with E-state index in [1.54, 1.807) is 60.7 Å². The largest absolute Gasteiger partial charge is 0.508 e. The Bertz CT molecular complexity index is 2680. The molecule has 11 N–H and O–H groups in total. The summed E-state index contributed by atoms with van der Waals surface area (Å²) >= 11 is 0. The van der Waals surface area contributed by atoms with E-state index in [1.165, 1.54) is 48.5 Å². The van der Waals surface area contributed by atoms with Gasteiger partial charge in [0.15, 0.2) is 0 Å². The number of aromatic hydroxyl groups is 7. The van der Waals surface area contributed by atoms with Crippen molar-refractivity contribution in [3.05, 3.63) is 159 Å². The van der Waals surface area contributed by atoms with Crippen LogP contribution in [0.15, 0.2) is 109 Å². The lowest BCUT2D eigenvalue weighted by Crippen LogP contribution is -2.60. The third kappa shape index (κ3) is 6.21. The van der Waals surface area contributed by atoms with Crippen molar-refractivity contribution in [2.24, 2.45) is 0 Å². The highest BCUT2D eigenvalue weighted by molar-refractivity contribution is 5.72. The zero-order valence-electron chi connectivity index (χ0n) is 32.6. The summed E-state index contributed by atoms with van der Waals surface area (Å²) in [4.78, 5) is 0. The number of phenolic OH excluding ortho intramolecular Hbond substituents is 7. The van der Waals surface area contributed by atoms with E-state index in [1.807, 2.05) is 0 Å². The predicted molar refractivity (Wildman–Crippen MR) is 219 cm³/mol. The van der Waals surface area contributed by atoms with E-state index in [0.717, 1.165) is 0 Å². The topological polar surface area (TPSA) is 250 Å². The highest BCUT2D eigenvalue weighted by atomic mass is 16.7. The summed E-state index contributed by atoms with van der Waals surface area (Å²) in [7, 11) is 0. The van der Waals surface area contributed by atoms with Gasteiger partial charge in [0.1, 0.15) is 82.3 Å². The number of benzene rings is 6. The number of hydrogen-bond donors (Lipinski definition) is 11. The molecule has 11 atom stereocenters. The Balaban J connectivity index is 1.25. The molecule has 62 heavy (non-hydrogen) atoms. The molecule has 0 saturated carbocycles. The average molecular weight is 843 g/mol. The van der Waals surface area contributed by atoms with E-state index in [9.17, 15) is 56.2 Å². The van der Waals surface area contributed by atoms with Gasteiger partial charge in [-0.25, -0.2) is 0 Å². The molecule has 0 amide bonds. The number of phenols is 7. The van der Waals surface area contributed by atoms with Crippen LogP contribution in [0.2, 0.25) is 0 Å². The minimum atomic E-state index is -1.75. The Morgan fingerprint density at radius 3 is 1.69 bits per heavy atom. The van der Waals surface area contributed by atoms with Crippen molar-refractivity contribution >= 4 is 0 Å². The first-order chi connectivity index (χ1) is 29.8. The van der Waals surface area contributed by atoms with Crippen molar-refractivity contribution < 1.29 is 70.4 Å². The SMILES string of the molecule is OC[C@H]1O[C@@H](Oc2cc(O)cc([C@@H]3c4c(O)cc5c6c4[C@H]([C@@H](c4ccc(O)cc4)c4c(O)cc(O)cc4[C@@H]6[C@H](c4ccc(O)cc4)O5)[C@H]3c3ccc(O)cc3)c2)[C@H](O)[C@@H](O)[C@@H]1O. The van der Waals surface area contributed by atoms with Crippen LogP contribution in [0.1, 0.15) is 85.8 Å². The maximum atomic E-state index is 12.4. The van der Waals surface area contributed by atoms with Gasteiger partial charge < -0.3 is 70.4 Å². The van der Waals surface area contributed by atoms with Crippen molar-refractivity contribution in [1.29, 1.82) is 0 Å². The van der Waals surface area contributed by atoms with Crippen molar-refractivity contribution in [2.45, 2.75) is 66.4 Å². The Hall–Kier alpha value is -6.68. The first-order valence-electron chi connectivity index (χ1n) is 20.1. The molecule has 318 valence electrons. The molecule has 14 heteroatoms. The molecule has 2 heterocycles. The van der Waals surface area contributed by atoms with Crippen LogP contribution in [0.25, 0.3) is 0 Å². The van der Waals surface area contributed by atoms with Crippen molar-refractivity contribution in [3.63, 3.8) is 0 Å². The maximum Gasteiger partial charge on any atom is 0.229 e. The lowest BCUT2D eigenvalue weighted by atomic mass is 9.69. The van der Waals surface area contributed by atoms with E-state index in [-0.39, 0.29) is 46.0 Å². The van der Waals surface area contributed by atoms with E-state index in [4.69, 9.17) is 14.2 Å². The van der Waals surface area contributed by atoms with Gasteiger partial charge in [-0.2, -0.15) is 0 Å². The molecule has 0 aromatic heterocycles. The van der Waals surface area contributed by atoms with E-state index in [2.05, 4.69) is 0 Å². The second-order valence-corrected chi connectivity index (χ2v) is 16.5. The number of hydrogen-bond acceptors (Lipinski definition) is 14. The Kier molecular flexibility index (Phi) is 9.39. The van der Waals surface area contributed by atoms with Gasteiger partial charge in [0, 0.05) is 58.6 Å². The van der Waals surface area contributed by atoms with Crippen LogP contribution in [-0.2, 0) is 4.74 Å². The minimum absolute atomic E-state index is 0.00302. The monoisotopic (exact) mass is 842 g/mol. The lowest BCUT2D eigenvalue weighted by molar-refractivity contribution is -0.277. The summed E-state index contributed by atoms with van der Waals surface area (Å²) in [5, 5.41) is 120. The molecule has 14 nitrogen and oxygen atoms in total. The third-order valence-electron chi connectivity index (χ3n) is 13.0. The second-order valence-electron chi connectivity index (χ2n) is 16.5. The van der Waals surface area contributed by atoms with Gasteiger partial charge >= 0.3 is 0 Å². The van der Waals surface area contributed by atoms with Gasteiger partial charge in [-0.15, -0.1) is 0 Å². The molecule has 0 radical (unpaired) electrons. The van der Waals surface area contributed by atoms with Crippen LogP contribution < -0.4 is 9.47 Å². The number of fused-ring (bicyclic) bond motifs is 2. The highest BCUT2D eigenvalue weighted by Gasteiger charge is 2.56. The second kappa shape index (κ2) is 14.8. The summed E-state index contributed by atoms with van der Waals surface area (Å²) in [5.74, 6) is -4.07.